The van der Waals surface area contributed by atoms with Gasteiger partial charge in [-0.1, -0.05) is 0 Å². The van der Waals surface area contributed by atoms with Gasteiger partial charge in [0.2, 0.25) is 5.91 Å². The van der Waals surface area contributed by atoms with E-state index in [1.807, 2.05) is 7.05 Å². The van der Waals surface area contributed by atoms with Gasteiger partial charge in [0.05, 0.1) is 13.2 Å². The van der Waals surface area contributed by atoms with E-state index in [-0.39, 0.29) is 24.1 Å². The number of methoxy groups -OCH3 is 1. The Morgan fingerprint density at radius 1 is 1.23 bits per heavy atom. The summed E-state index contributed by atoms with van der Waals surface area (Å²) in [6, 6.07) is 5.82. The SMILES string of the molecule is CNCCC(=O)N(CCOC)CCOc1ccc(F)cc1.Cl. The minimum atomic E-state index is -0.300. The maximum Gasteiger partial charge on any atom is 0.224 e. The Morgan fingerprint density at radius 3 is 2.45 bits per heavy atom. The van der Waals surface area contributed by atoms with Crippen molar-refractivity contribution in [3.63, 3.8) is 0 Å². The second-order valence-electron chi connectivity index (χ2n) is 4.53. The molecule has 7 heteroatoms. The summed E-state index contributed by atoms with van der Waals surface area (Å²) in [5.74, 6) is 0.348. The molecule has 0 spiro atoms. The average Bonchev–Trinajstić information content (AvgIpc) is 2.50. The van der Waals surface area contributed by atoms with Crippen LogP contribution >= 0.6 is 12.4 Å². The van der Waals surface area contributed by atoms with Crippen LogP contribution in [0, 0.1) is 5.82 Å². The predicted molar refractivity (Wildman–Crippen MR) is 86.1 cm³/mol. The van der Waals surface area contributed by atoms with Crippen LogP contribution in [0.25, 0.3) is 0 Å². The Labute approximate surface area is 137 Å². The van der Waals surface area contributed by atoms with Gasteiger partial charge in [0, 0.05) is 26.6 Å². The van der Waals surface area contributed by atoms with Crippen LogP contribution in [0.4, 0.5) is 4.39 Å². The lowest BCUT2D eigenvalue weighted by atomic mass is 10.3. The molecular weight excluding hydrogens is 311 g/mol. The van der Waals surface area contributed by atoms with Crippen molar-refractivity contribution in [2.75, 3.05) is 47.0 Å². The molecule has 0 unspecified atom stereocenters. The molecule has 5 nitrogen and oxygen atoms in total. The van der Waals surface area contributed by atoms with E-state index < -0.39 is 0 Å². The summed E-state index contributed by atoms with van der Waals surface area (Å²) < 4.78 is 23.3. The first-order chi connectivity index (χ1) is 10.2. The number of nitrogens with one attached hydrogen (secondary N) is 1. The van der Waals surface area contributed by atoms with Gasteiger partial charge in [-0.15, -0.1) is 12.4 Å². The van der Waals surface area contributed by atoms with Crippen molar-refractivity contribution in [2.24, 2.45) is 0 Å². The molecule has 0 saturated carbocycles. The number of hydrogen-bond acceptors (Lipinski definition) is 4. The normalized spacial score (nSPS) is 9.95. The number of ether oxygens (including phenoxy) is 2. The molecule has 0 aliphatic carbocycles. The van der Waals surface area contributed by atoms with Crippen molar-refractivity contribution in [3.05, 3.63) is 30.1 Å². The highest BCUT2D eigenvalue weighted by Gasteiger charge is 2.12. The molecule has 126 valence electrons. The molecule has 1 rings (SSSR count). The van der Waals surface area contributed by atoms with Crippen LogP contribution < -0.4 is 10.1 Å². The molecule has 0 fully saturated rings. The van der Waals surface area contributed by atoms with Crippen LogP contribution in [0.1, 0.15) is 6.42 Å². The minimum Gasteiger partial charge on any atom is -0.492 e. The fraction of sp³-hybridized carbons (Fsp3) is 0.533. The number of halogens is 2. The minimum absolute atomic E-state index is 0. The number of benzene rings is 1. The molecule has 0 radical (unpaired) electrons. The maximum atomic E-state index is 12.8. The van der Waals surface area contributed by atoms with Crippen LogP contribution in [0.5, 0.6) is 5.75 Å². The number of hydrogen-bond donors (Lipinski definition) is 1. The Kier molecular flexibility index (Phi) is 11.4. The number of carbonyl (C=O) groups is 1. The van der Waals surface area contributed by atoms with E-state index in [0.717, 1.165) is 0 Å². The topological polar surface area (TPSA) is 50.8 Å². The van der Waals surface area contributed by atoms with Crippen molar-refractivity contribution in [1.82, 2.24) is 10.2 Å². The fourth-order valence-electron chi connectivity index (χ4n) is 1.76. The van der Waals surface area contributed by atoms with Gasteiger partial charge in [0.1, 0.15) is 18.2 Å². The van der Waals surface area contributed by atoms with E-state index in [2.05, 4.69) is 5.32 Å². The lowest BCUT2D eigenvalue weighted by molar-refractivity contribution is -0.132. The Morgan fingerprint density at radius 2 is 1.86 bits per heavy atom. The molecule has 0 aromatic heterocycles. The summed E-state index contributed by atoms with van der Waals surface area (Å²) in [4.78, 5) is 13.7. The van der Waals surface area contributed by atoms with Crippen LogP contribution in [-0.2, 0) is 9.53 Å². The molecule has 1 aromatic carbocycles. The quantitative estimate of drug-likeness (QED) is 0.708. The van der Waals surface area contributed by atoms with Crippen molar-refractivity contribution in [3.8, 4) is 5.75 Å². The second kappa shape index (κ2) is 12.2. The number of amides is 1. The zero-order chi connectivity index (χ0) is 15.5. The summed E-state index contributed by atoms with van der Waals surface area (Å²) in [7, 11) is 3.41. The van der Waals surface area contributed by atoms with Crippen LogP contribution in [0.3, 0.4) is 0 Å². The zero-order valence-electron chi connectivity index (χ0n) is 13.0. The van der Waals surface area contributed by atoms with Crippen LogP contribution in [0.2, 0.25) is 0 Å². The third-order valence-electron chi connectivity index (χ3n) is 2.95. The predicted octanol–water partition coefficient (Wildman–Crippen LogP) is 1.71. The van der Waals surface area contributed by atoms with Gasteiger partial charge in [-0.05, 0) is 31.3 Å². The van der Waals surface area contributed by atoms with E-state index in [4.69, 9.17) is 9.47 Å². The highest BCUT2D eigenvalue weighted by Crippen LogP contribution is 2.10. The van der Waals surface area contributed by atoms with E-state index in [1.165, 1.54) is 12.1 Å². The highest BCUT2D eigenvalue weighted by atomic mass is 35.5. The molecule has 22 heavy (non-hydrogen) atoms. The van der Waals surface area contributed by atoms with Gasteiger partial charge in [0.15, 0.2) is 0 Å². The van der Waals surface area contributed by atoms with E-state index in [9.17, 15) is 9.18 Å². The van der Waals surface area contributed by atoms with Gasteiger partial charge >= 0.3 is 0 Å². The summed E-state index contributed by atoms with van der Waals surface area (Å²) >= 11 is 0. The van der Waals surface area contributed by atoms with Crippen molar-refractivity contribution in [1.29, 1.82) is 0 Å². The molecule has 0 aliphatic heterocycles. The third-order valence-corrected chi connectivity index (χ3v) is 2.95. The first kappa shape index (κ1) is 20.6. The van der Waals surface area contributed by atoms with Gasteiger partial charge in [-0.3, -0.25) is 4.79 Å². The van der Waals surface area contributed by atoms with Crippen molar-refractivity contribution in [2.45, 2.75) is 6.42 Å². The van der Waals surface area contributed by atoms with Gasteiger partial charge in [-0.25, -0.2) is 4.39 Å². The number of rotatable bonds is 10. The molecule has 0 heterocycles. The summed E-state index contributed by atoms with van der Waals surface area (Å²) in [6.45, 7) is 2.50. The summed E-state index contributed by atoms with van der Waals surface area (Å²) in [5, 5.41) is 2.95. The second-order valence-corrected chi connectivity index (χ2v) is 4.53. The van der Waals surface area contributed by atoms with E-state index in [0.29, 0.717) is 45.0 Å². The number of carbonyl (C=O) groups excluding carboxylic acids is 1. The van der Waals surface area contributed by atoms with Crippen LogP contribution in [0.15, 0.2) is 24.3 Å². The highest BCUT2D eigenvalue weighted by molar-refractivity contribution is 5.85. The lowest BCUT2D eigenvalue weighted by Crippen LogP contribution is -2.38. The molecule has 0 bridgehead atoms. The monoisotopic (exact) mass is 334 g/mol. The van der Waals surface area contributed by atoms with Crippen molar-refractivity contribution < 1.29 is 18.7 Å². The lowest BCUT2D eigenvalue weighted by Gasteiger charge is -2.22. The molecule has 0 atom stereocenters. The standard InChI is InChI=1S/C15H23FN2O3.ClH/c1-17-8-7-15(19)18(9-11-20-2)10-12-21-14-5-3-13(16)4-6-14;/h3-6,17H,7-12H2,1-2H3;1H. The molecular formula is C15H24ClFN2O3. The first-order valence-electron chi connectivity index (χ1n) is 6.97. The Bertz CT molecular complexity index is 418. The molecule has 0 aliphatic rings. The molecule has 1 amide bonds. The summed E-state index contributed by atoms with van der Waals surface area (Å²) in [5.41, 5.74) is 0. The molecule has 0 saturated heterocycles. The van der Waals surface area contributed by atoms with E-state index >= 15 is 0 Å². The Balaban J connectivity index is 0.00000441. The largest absolute Gasteiger partial charge is 0.492 e. The third kappa shape index (κ3) is 8.17. The summed E-state index contributed by atoms with van der Waals surface area (Å²) in [6.07, 6.45) is 0.441. The molecule has 1 N–H and O–H groups in total. The molecule has 1 aromatic rings. The zero-order valence-corrected chi connectivity index (χ0v) is 13.8. The fourth-order valence-corrected chi connectivity index (χ4v) is 1.76. The van der Waals surface area contributed by atoms with Crippen LogP contribution in [-0.4, -0.2) is 57.8 Å². The van der Waals surface area contributed by atoms with E-state index in [1.54, 1.807) is 24.1 Å². The average molecular weight is 335 g/mol. The maximum absolute atomic E-state index is 12.8. The number of nitrogens with zero attached hydrogens (tertiary/aromatic N) is 1. The van der Waals surface area contributed by atoms with Gasteiger partial charge < -0.3 is 19.7 Å². The first-order valence-corrected chi connectivity index (χ1v) is 6.97. The Hall–Kier alpha value is -1.37. The van der Waals surface area contributed by atoms with Gasteiger partial charge in [0.25, 0.3) is 0 Å². The van der Waals surface area contributed by atoms with Gasteiger partial charge in [-0.2, -0.15) is 0 Å². The smallest absolute Gasteiger partial charge is 0.224 e. The van der Waals surface area contributed by atoms with Crippen molar-refractivity contribution >= 4 is 18.3 Å².